The summed E-state index contributed by atoms with van der Waals surface area (Å²) in [7, 11) is 1.43. The van der Waals surface area contributed by atoms with Crippen LogP contribution in [0.2, 0.25) is 0 Å². The maximum absolute atomic E-state index is 11.3. The normalized spacial score (nSPS) is 20.2. The lowest BCUT2D eigenvalue weighted by Gasteiger charge is -2.18. The number of anilines is 1. The van der Waals surface area contributed by atoms with Crippen LogP contribution in [-0.4, -0.2) is 18.1 Å². The van der Waals surface area contributed by atoms with Gasteiger partial charge in [0.05, 0.1) is 18.7 Å². The van der Waals surface area contributed by atoms with E-state index in [9.17, 15) is 4.79 Å². The first-order chi connectivity index (χ1) is 6.70. The number of nitrogens with zero attached hydrogens (tertiary/aromatic N) is 1. The molecule has 4 nitrogen and oxygen atoms in total. The maximum Gasteiger partial charge on any atom is 0.309 e. The Balaban J connectivity index is 2.16. The van der Waals surface area contributed by atoms with E-state index in [2.05, 4.69) is 4.98 Å². The van der Waals surface area contributed by atoms with Crippen molar-refractivity contribution < 1.29 is 9.53 Å². The molecule has 0 spiro atoms. The Morgan fingerprint density at radius 1 is 1.71 bits per heavy atom. The molecule has 0 bridgehead atoms. The Kier molecular flexibility index (Phi) is 2.41. The zero-order valence-corrected chi connectivity index (χ0v) is 8.76. The van der Waals surface area contributed by atoms with Gasteiger partial charge in [0.15, 0.2) is 5.13 Å². The molecule has 1 atom stereocenters. The standard InChI is InChI=1S/C9H12N2O2S/c1-13-8(12)5-2-3-6-7(4-5)14-9(10)11-6/h5H,2-4H2,1H3,(H2,10,11)/t5-/m1/s1. The van der Waals surface area contributed by atoms with Crippen LogP contribution >= 0.6 is 11.3 Å². The molecule has 0 radical (unpaired) electrons. The van der Waals surface area contributed by atoms with Crippen molar-refractivity contribution in [1.29, 1.82) is 0 Å². The van der Waals surface area contributed by atoms with Gasteiger partial charge in [0, 0.05) is 4.88 Å². The minimum Gasteiger partial charge on any atom is -0.469 e. The Labute approximate surface area is 86.1 Å². The van der Waals surface area contributed by atoms with Crippen LogP contribution in [0.25, 0.3) is 0 Å². The number of nitrogens with two attached hydrogens (primary N) is 1. The van der Waals surface area contributed by atoms with E-state index in [0.717, 1.165) is 29.8 Å². The van der Waals surface area contributed by atoms with Gasteiger partial charge in [-0.1, -0.05) is 0 Å². The predicted octanol–water partition coefficient (Wildman–Crippen LogP) is 1.00. The van der Waals surface area contributed by atoms with Gasteiger partial charge in [0.25, 0.3) is 0 Å². The molecule has 1 aromatic heterocycles. The zero-order valence-electron chi connectivity index (χ0n) is 7.95. The lowest BCUT2D eigenvalue weighted by Crippen LogP contribution is -2.22. The van der Waals surface area contributed by atoms with Crippen molar-refractivity contribution in [1.82, 2.24) is 4.98 Å². The van der Waals surface area contributed by atoms with Gasteiger partial charge in [-0.2, -0.15) is 0 Å². The highest BCUT2D eigenvalue weighted by atomic mass is 32.1. The second-order valence-corrected chi connectivity index (χ2v) is 4.50. The minimum absolute atomic E-state index is 0.00708. The van der Waals surface area contributed by atoms with E-state index in [4.69, 9.17) is 10.5 Å². The van der Waals surface area contributed by atoms with Crippen LogP contribution < -0.4 is 5.73 Å². The van der Waals surface area contributed by atoms with E-state index in [1.807, 2.05) is 0 Å². The number of hydrogen-bond donors (Lipinski definition) is 1. The second-order valence-electron chi connectivity index (χ2n) is 3.38. The van der Waals surface area contributed by atoms with Crippen molar-refractivity contribution in [2.24, 2.45) is 5.92 Å². The van der Waals surface area contributed by atoms with E-state index in [-0.39, 0.29) is 11.9 Å². The highest BCUT2D eigenvalue weighted by Crippen LogP contribution is 2.31. The SMILES string of the molecule is COC(=O)[C@@H]1CCc2nc(N)sc2C1. The number of fused-ring (bicyclic) bond motifs is 1. The second kappa shape index (κ2) is 3.57. The number of nitrogen functional groups attached to an aromatic ring is 1. The molecule has 0 aromatic carbocycles. The van der Waals surface area contributed by atoms with Gasteiger partial charge in [-0.05, 0) is 19.3 Å². The van der Waals surface area contributed by atoms with Gasteiger partial charge < -0.3 is 10.5 Å². The molecule has 0 saturated heterocycles. The van der Waals surface area contributed by atoms with Crippen LogP contribution in [0.15, 0.2) is 0 Å². The molecule has 0 unspecified atom stereocenters. The summed E-state index contributed by atoms with van der Waals surface area (Å²) >= 11 is 1.48. The number of carbonyl (C=O) groups excluding carboxylic acids is 1. The molecule has 1 aliphatic rings. The summed E-state index contributed by atoms with van der Waals surface area (Å²) in [6.45, 7) is 0. The smallest absolute Gasteiger partial charge is 0.309 e. The molecule has 0 aliphatic heterocycles. The fraction of sp³-hybridized carbons (Fsp3) is 0.556. The number of methoxy groups -OCH3 is 1. The summed E-state index contributed by atoms with van der Waals surface area (Å²) in [5.41, 5.74) is 6.67. The maximum atomic E-state index is 11.3. The minimum atomic E-state index is -0.123. The fourth-order valence-corrected chi connectivity index (χ4v) is 2.72. The number of ether oxygens (including phenoxy) is 1. The Bertz CT molecular complexity index is 362. The highest BCUT2D eigenvalue weighted by Gasteiger charge is 2.27. The summed E-state index contributed by atoms with van der Waals surface area (Å²) in [6, 6.07) is 0. The molecule has 5 heteroatoms. The van der Waals surface area contributed by atoms with Gasteiger partial charge in [-0.3, -0.25) is 4.79 Å². The van der Waals surface area contributed by atoms with Gasteiger partial charge in [0.2, 0.25) is 0 Å². The fourth-order valence-electron chi connectivity index (χ4n) is 1.76. The summed E-state index contributed by atoms with van der Waals surface area (Å²) in [5.74, 6) is -0.130. The van der Waals surface area contributed by atoms with Gasteiger partial charge in [0.1, 0.15) is 0 Å². The van der Waals surface area contributed by atoms with Gasteiger partial charge in [-0.15, -0.1) is 11.3 Å². The van der Waals surface area contributed by atoms with Crippen molar-refractivity contribution in [3.8, 4) is 0 Å². The molecule has 1 heterocycles. The average molecular weight is 212 g/mol. The van der Waals surface area contributed by atoms with E-state index in [1.54, 1.807) is 0 Å². The molecule has 2 N–H and O–H groups in total. The average Bonchev–Trinajstić information content (AvgIpc) is 2.55. The third kappa shape index (κ3) is 1.59. The number of hydrogen-bond acceptors (Lipinski definition) is 5. The number of esters is 1. The largest absolute Gasteiger partial charge is 0.469 e. The molecule has 0 amide bonds. The van der Waals surface area contributed by atoms with Crippen LogP contribution in [0.4, 0.5) is 5.13 Å². The summed E-state index contributed by atoms with van der Waals surface area (Å²) < 4.78 is 4.73. The lowest BCUT2D eigenvalue weighted by atomic mass is 9.91. The number of aromatic nitrogens is 1. The predicted molar refractivity (Wildman–Crippen MR) is 54.1 cm³/mol. The van der Waals surface area contributed by atoms with E-state index >= 15 is 0 Å². The first kappa shape index (κ1) is 9.45. The Morgan fingerprint density at radius 3 is 3.21 bits per heavy atom. The molecule has 76 valence electrons. The first-order valence-electron chi connectivity index (χ1n) is 4.52. The third-order valence-corrected chi connectivity index (χ3v) is 3.44. The van der Waals surface area contributed by atoms with Crippen molar-refractivity contribution >= 4 is 22.4 Å². The molecule has 1 aliphatic carbocycles. The van der Waals surface area contributed by atoms with Crippen molar-refractivity contribution in [3.05, 3.63) is 10.6 Å². The summed E-state index contributed by atoms with van der Waals surface area (Å²) in [6.07, 6.45) is 2.39. The van der Waals surface area contributed by atoms with Crippen molar-refractivity contribution in [2.75, 3.05) is 12.8 Å². The van der Waals surface area contributed by atoms with Gasteiger partial charge in [-0.25, -0.2) is 4.98 Å². The molecule has 0 fully saturated rings. The summed E-state index contributed by atoms with van der Waals surface area (Å²) in [5, 5.41) is 0.598. The van der Waals surface area contributed by atoms with E-state index < -0.39 is 0 Å². The number of aryl methyl sites for hydroxylation is 1. The number of thiazole rings is 1. The highest BCUT2D eigenvalue weighted by molar-refractivity contribution is 7.15. The van der Waals surface area contributed by atoms with Crippen LogP contribution in [0, 0.1) is 5.92 Å². The van der Waals surface area contributed by atoms with Crippen LogP contribution in [0.5, 0.6) is 0 Å². The van der Waals surface area contributed by atoms with Gasteiger partial charge >= 0.3 is 5.97 Å². The lowest BCUT2D eigenvalue weighted by molar-refractivity contribution is -0.145. The quantitative estimate of drug-likeness (QED) is 0.705. The molecule has 1 aromatic rings. The zero-order chi connectivity index (χ0) is 10.1. The van der Waals surface area contributed by atoms with Crippen LogP contribution in [0.1, 0.15) is 17.0 Å². The van der Waals surface area contributed by atoms with Crippen LogP contribution in [-0.2, 0) is 22.4 Å². The Morgan fingerprint density at radius 2 is 2.50 bits per heavy atom. The van der Waals surface area contributed by atoms with Crippen molar-refractivity contribution in [2.45, 2.75) is 19.3 Å². The van der Waals surface area contributed by atoms with Crippen molar-refractivity contribution in [3.63, 3.8) is 0 Å². The molecular formula is C9H12N2O2S. The van der Waals surface area contributed by atoms with E-state index in [1.165, 1.54) is 18.4 Å². The molecule has 2 rings (SSSR count). The molecule has 0 saturated carbocycles. The topological polar surface area (TPSA) is 65.2 Å². The monoisotopic (exact) mass is 212 g/mol. The molecule has 14 heavy (non-hydrogen) atoms. The third-order valence-electron chi connectivity index (χ3n) is 2.49. The Hall–Kier alpha value is -1.10. The number of carbonyl (C=O) groups is 1. The van der Waals surface area contributed by atoms with E-state index in [0.29, 0.717) is 5.13 Å². The van der Waals surface area contributed by atoms with Crippen LogP contribution in [0.3, 0.4) is 0 Å². The summed E-state index contributed by atoms with van der Waals surface area (Å²) in [4.78, 5) is 16.7. The number of rotatable bonds is 1. The molecular weight excluding hydrogens is 200 g/mol. The first-order valence-corrected chi connectivity index (χ1v) is 5.34.